The van der Waals surface area contributed by atoms with Gasteiger partial charge in [0.25, 0.3) is 0 Å². The van der Waals surface area contributed by atoms with Crippen molar-refractivity contribution in [2.75, 3.05) is 18.0 Å². The Kier molecular flexibility index (Phi) is 4.52. The zero-order valence-electron chi connectivity index (χ0n) is 11.3. The Balaban J connectivity index is 2.21. The zero-order valence-corrected chi connectivity index (χ0v) is 12.1. The van der Waals surface area contributed by atoms with E-state index in [2.05, 4.69) is 24.0 Å². The van der Waals surface area contributed by atoms with Crippen LogP contribution in [-0.2, 0) is 6.42 Å². The lowest BCUT2D eigenvalue weighted by Gasteiger charge is -2.23. The molecular weight excluding hydrogens is 244 g/mol. The summed E-state index contributed by atoms with van der Waals surface area (Å²) < 4.78 is 0. The maximum Gasteiger partial charge on any atom is 0.0410 e. The highest BCUT2D eigenvalue weighted by Gasteiger charge is 2.23. The Hall–Kier alpha value is -0.730. The number of hydrogen-bond donors (Lipinski definition) is 1. The van der Waals surface area contributed by atoms with Crippen molar-refractivity contribution >= 4 is 17.3 Å². The maximum atomic E-state index is 6.10. The van der Waals surface area contributed by atoms with Crippen molar-refractivity contribution in [3.63, 3.8) is 0 Å². The van der Waals surface area contributed by atoms with Crippen LogP contribution in [0.15, 0.2) is 18.2 Å². The highest BCUT2D eigenvalue weighted by molar-refractivity contribution is 6.30. The number of benzene rings is 1. The Morgan fingerprint density at radius 3 is 2.89 bits per heavy atom. The first-order valence-corrected chi connectivity index (χ1v) is 7.27. The van der Waals surface area contributed by atoms with E-state index < -0.39 is 0 Å². The van der Waals surface area contributed by atoms with Crippen LogP contribution < -0.4 is 10.6 Å². The van der Waals surface area contributed by atoms with E-state index in [1.54, 1.807) is 0 Å². The minimum atomic E-state index is 0.173. The first kappa shape index (κ1) is 13.7. The molecule has 2 nitrogen and oxygen atoms in total. The van der Waals surface area contributed by atoms with Gasteiger partial charge in [-0.1, -0.05) is 24.9 Å². The van der Waals surface area contributed by atoms with E-state index >= 15 is 0 Å². The summed E-state index contributed by atoms with van der Waals surface area (Å²) in [6, 6.07) is 6.38. The third-order valence-electron chi connectivity index (χ3n) is 3.79. The van der Waals surface area contributed by atoms with Crippen LogP contribution in [-0.4, -0.2) is 19.1 Å². The smallest absolute Gasteiger partial charge is 0.0410 e. The van der Waals surface area contributed by atoms with E-state index in [0.717, 1.165) is 23.9 Å². The van der Waals surface area contributed by atoms with Gasteiger partial charge in [0, 0.05) is 29.8 Å². The summed E-state index contributed by atoms with van der Waals surface area (Å²) in [7, 11) is 0. The monoisotopic (exact) mass is 266 g/mol. The van der Waals surface area contributed by atoms with Gasteiger partial charge in [-0.25, -0.2) is 0 Å². The van der Waals surface area contributed by atoms with Gasteiger partial charge in [0.1, 0.15) is 0 Å². The average molecular weight is 267 g/mol. The molecule has 3 heteroatoms. The second-order valence-corrected chi connectivity index (χ2v) is 5.90. The SMILES string of the molecule is CCC1CCN(c2ccc(Cl)cc2CC(C)N)C1. The van der Waals surface area contributed by atoms with Crippen molar-refractivity contribution in [1.82, 2.24) is 0 Å². The van der Waals surface area contributed by atoms with Crippen LogP contribution in [0.3, 0.4) is 0 Å². The average Bonchev–Trinajstić information content (AvgIpc) is 2.77. The fourth-order valence-electron chi connectivity index (χ4n) is 2.76. The van der Waals surface area contributed by atoms with E-state index in [1.165, 1.54) is 30.6 Å². The molecule has 1 aromatic rings. The predicted octanol–water partition coefficient (Wildman–Crippen LogP) is 3.47. The van der Waals surface area contributed by atoms with Gasteiger partial charge >= 0.3 is 0 Å². The Morgan fingerprint density at radius 2 is 2.28 bits per heavy atom. The molecule has 0 saturated carbocycles. The highest BCUT2D eigenvalue weighted by atomic mass is 35.5. The van der Waals surface area contributed by atoms with Gasteiger partial charge in [0.15, 0.2) is 0 Å². The molecule has 1 saturated heterocycles. The fourth-order valence-corrected chi connectivity index (χ4v) is 2.95. The lowest BCUT2D eigenvalue weighted by Crippen LogP contribution is -2.24. The molecule has 1 aliphatic rings. The van der Waals surface area contributed by atoms with Crippen LogP contribution in [0.4, 0.5) is 5.69 Å². The summed E-state index contributed by atoms with van der Waals surface area (Å²) in [5.74, 6) is 0.837. The predicted molar refractivity (Wildman–Crippen MR) is 79.4 cm³/mol. The maximum absolute atomic E-state index is 6.10. The second kappa shape index (κ2) is 5.94. The minimum Gasteiger partial charge on any atom is -0.371 e. The molecule has 1 aliphatic heterocycles. The number of nitrogens with zero attached hydrogens (tertiary/aromatic N) is 1. The summed E-state index contributed by atoms with van der Waals surface area (Å²) in [6.45, 7) is 6.65. The lowest BCUT2D eigenvalue weighted by atomic mass is 10.0. The first-order chi connectivity index (χ1) is 8.60. The molecule has 0 amide bonds. The van der Waals surface area contributed by atoms with Gasteiger partial charge in [0.05, 0.1) is 0 Å². The van der Waals surface area contributed by atoms with Crippen LogP contribution in [0.1, 0.15) is 32.3 Å². The van der Waals surface area contributed by atoms with Crippen LogP contribution in [0.25, 0.3) is 0 Å². The molecule has 0 aromatic heterocycles. The van der Waals surface area contributed by atoms with Crippen molar-refractivity contribution in [3.8, 4) is 0 Å². The number of anilines is 1. The lowest BCUT2D eigenvalue weighted by molar-refractivity contribution is 0.569. The van der Waals surface area contributed by atoms with Gasteiger partial charge in [-0.3, -0.25) is 0 Å². The molecule has 2 N–H and O–H groups in total. The summed E-state index contributed by atoms with van der Waals surface area (Å²) in [5.41, 5.74) is 8.55. The molecule has 0 aliphatic carbocycles. The second-order valence-electron chi connectivity index (χ2n) is 5.46. The van der Waals surface area contributed by atoms with Crippen LogP contribution in [0, 0.1) is 5.92 Å². The van der Waals surface area contributed by atoms with E-state index in [-0.39, 0.29) is 6.04 Å². The van der Waals surface area contributed by atoms with Crippen molar-refractivity contribution in [1.29, 1.82) is 0 Å². The van der Waals surface area contributed by atoms with E-state index in [1.807, 2.05) is 13.0 Å². The Bertz CT molecular complexity index is 403. The third-order valence-corrected chi connectivity index (χ3v) is 4.02. The molecular formula is C15H23ClN2. The highest BCUT2D eigenvalue weighted by Crippen LogP contribution is 2.30. The molecule has 0 bridgehead atoms. The van der Waals surface area contributed by atoms with Crippen molar-refractivity contribution < 1.29 is 0 Å². The van der Waals surface area contributed by atoms with Crippen molar-refractivity contribution in [2.24, 2.45) is 11.7 Å². The van der Waals surface area contributed by atoms with Crippen LogP contribution >= 0.6 is 11.6 Å². The van der Waals surface area contributed by atoms with Gasteiger partial charge in [-0.15, -0.1) is 0 Å². The minimum absolute atomic E-state index is 0.173. The zero-order chi connectivity index (χ0) is 13.1. The topological polar surface area (TPSA) is 29.3 Å². The summed E-state index contributed by atoms with van der Waals surface area (Å²) >= 11 is 6.10. The molecule has 18 heavy (non-hydrogen) atoms. The molecule has 0 spiro atoms. The standard InChI is InChI=1S/C15H23ClN2/c1-3-12-6-7-18(10-12)15-5-4-14(16)9-13(15)8-11(2)17/h4-5,9,11-12H,3,6-8,10,17H2,1-2H3. The van der Waals surface area contributed by atoms with E-state index in [9.17, 15) is 0 Å². The Morgan fingerprint density at radius 1 is 1.50 bits per heavy atom. The quantitative estimate of drug-likeness (QED) is 0.904. The van der Waals surface area contributed by atoms with Gasteiger partial charge < -0.3 is 10.6 Å². The fraction of sp³-hybridized carbons (Fsp3) is 0.600. The molecule has 2 atom stereocenters. The van der Waals surface area contributed by atoms with Gasteiger partial charge in [0.2, 0.25) is 0 Å². The largest absolute Gasteiger partial charge is 0.371 e. The summed E-state index contributed by atoms with van der Waals surface area (Å²) in [6.07, 6.45) is 3.46. The summed E-state index contributed by atoms with van der Waals surface area (Å²) in [5, 5.41) is 0.806. The number of hydrogen-bond acceptors (Lipinski definition) is 2. The number of rotatable bonds is 4. The van der Waals surface area contributed by atoms with E-state index in [4.69, 9.17) is 17.3 Å². The molecule has 1 heterocycles. The van der Waals surface area contributed by atoms with Crippen molar-refractivity contribution in [2.45, 2.75) is 39.2 Å². The first-order valence-electron chi connectivity index (χ1n) is 6.89. The van der Waals surface area contributed by atoms with Gasteiger partial charge in [-0.05, 0) is 49.4 Å². The molecule has 1 fully saturated rings. The molecule has 100 valence electrons. The van der Waals surface area contributed by atoms with Crippen molar-refractivity contribution in [3.05, 3.63) is 28.8 Å². The molecule has 1 aromatic carbocycles. The molecule has 2 rings (SSSR count). The van der Waals surface area contributed by atoms with Gasteiger partial charge in [-0.2, -0.15) is 0 Å². The van der Waals surface area contributed by atoms with Crippen LogP contribution in [0.2, 0.25) is 5.02 Å². The molecule has 2 unspecified atom stereocenters. The number of halogens is 1. The van der Waals surface area contributed by atoms with E-state index in [0.29, 0.717) is 0 Å². The Labute approximate surface area is 115 Å². The van der Waals surface area contributed by atoms with Crippen LogP contribution in [0.5, 0.6) is 0 Å². The summed E-state index contributed by atoms with van der Waals surface area (Å²) in [4.78, 5) is 2.49. The third kappa shape index (κ3) is 3.18. The number of nitrogens with two attached hydrogens (primary N) is 1. The molecule has 0 radical (unpaired) electrons. The normalized spacial score (nSPS) is 21.3.